The molecule has 0 radical (unpaired) electrons. The van der Waals surface area contributed by atoms with E-state index in [4.69, 9.17) is 4.74 Å². The van der Waals surface area contributed by atoms with Crippen LogP contribution in [0.15, 0.2) is 24.3 Å². The Morgan fingerprint density at radius 2 is 1.96 bits per heavy atom. The molecule has 3 unspecified atom stereocenters. The largest absolute Gasteiger partial charge is 0.489 e. The number of halogens is 1. The van der Waals surface area contributed by atoms with Gasteiger partial charge in [-0.3, -0.25) is 4.79 Å². The molecule has 3 rings (SSSR count). The molecule has 2 saturated heterocycles. The van der Waals surface area contributed by atoms with Crippen LogP contribution in [-0.4, -0.2) is 30.6 Å². The molecular weight excluding hydrogens is 295 g/mol. The van der Waals surface area contributed by atoms with Crippen molar-refractivity contribution in [3.8, 4) is 5.75 Å². The van der Waals surface area contributed by atoms with Crippen molar-refractivity contribution < 1.29 is 13.9 Å². The molecule has 3 atom stereocenters. The van der Waals surface area contributed by atoms with Crippen molar-refractivity contribution >= 4 is 5.91 Å². The Labute approximate surface area is 136 Å². The lowest BCUT2D eigenvalue weighted by Crippen LogP contribution is -2.40. The Balaban J connectivity index is 1.37. The highest BCUT2D eigenvalue weighted by Gasteiger charge is 2.34. The summed E-state index contributed by atoms with van der Waals surface area (Å²) in [5, 5.41) is 6.55. The van der Waals surface area contributed by atoms with Crippen LogP contribution in [0.25, 0.3) is 0 Å². The maximum atomic E-state index is 12.8. The molecule has 2 N–H and O–H groups in total. The third-order valence-electron chi connectivity index (χ3n) is 4.78. The van der Waals surface area contributed by atoms with Crippen LogP contribution < -0.4 is 15.4 Å². The summed E-state index contributed by atoms with van der Waals surface area (Å²) in [6, 6.07) is 7.16. The van der Waals surface area contributed by atoms with Gasteiger partial charge >= 0.3 is 0 Å². The van der Waals surface area contributed by atoms with Crippen molar-refractivity contribution in [2.24, 2.45) is 5.92 Å². The number of benzene rings is 1. The van der Waals surface area contributed by atoms with Crippen molar-refractivity contribution in [2.75, 3.05) is 6.54 Å². The molecule has 2 aliphatic rings. The van der Waals surface area contributed by atoms with Crippen molar-refractivity contribution in [1.29, 1.82) is 0 Å². The van der Waals surface area contributed by atoms with Crippen LogP contribution >= 0.6 is 0 Å². The molecule has 4 nitrogen and oxygen atoms in total. The fourth-order valence-corrected chi connectivity index (χ4v) is 3.72. The van der Waals surface area contributed by atoms with E-state index in [-0.39, 0.29) is 17.8 Å². The second-order valence-corrected chi connectivity index (χ2v) is 6.87. The minimum atomic E-state index is -0.283. The molecular formula is C18H25FN2O2. The summed E-state index contributed by atoms with van der Waals surface area (Å²) in [4.78, 5) is 12.1. The number of hydrogen-bond donors (Lipinski definition) is 2. The van der Waals surface area contributed by atoms with Gasteiger partial charge in [0.2, 0.25) is 5.91 Å². The van der Waals surface area contributed by atoms with Gasteiger partial charge in [0, 0.05) is 18.5 Å². The van der Waals surface area contributed by atoms with Crippen LogP contribution in [0.1, 0.15) is 39.0 Å². The van der Waals surface area contributed by atoms with Gasteiger partial charge in [0.25, 0.3) is 0 Å². The van der Waals surface area contributed by atoms with E-state index in [2.05, 4.69) is 10.6 Å². The number of carbonyl (C=O) groups excluding carboxylic acids is 1. The summed E-state index contributed by atoms with van der Waals surface area (Å²) in [5.41, 5.74) is 0. The number of nitrogens with one attached hydrogen (secondary N) is 2. The lowest BCUT2D eigenvalue weighted by atomic mass is 9.89. The van der Waals surface area contributed by atoms with Crippen LogP contribution in [0.5, 0.6) is 5.75 Å². The Bertz CT molecular complexity index is 522. The summed E-state index contributed by atoms with van der Waals surface area (Å²) >= 11 is 0. The number of ether oxygens (including phenoxy) is 1. The van der Waals surface area contributed by atoms with E-state index < -0.39 is 0 Å². The molecule has 1 amide bonds. The fraction of sp³-hybridized carbons (Fsp3) is 0.611. The zero-order chi connectivity index (χ0) is 16.2. The number of hydrogen-bond acceptors (Lipinski definition) is 3. The molecule has 126 valence electrons. The third kappa shape index (κ3) is 4.67. The minimum Gasteiger partial charge on any atom is -0.489 e. The van der Waals surface area contributed by atoms with Crippen molar-refractivity contribution in [2.45, 2.75) is 57.2 Å². The number of carbonyl (C=O) groups is 1. The van der Waals surface area contributed by atoms with Crippen molar-refractivity contribution in [1.82, 2.24) is 10.6 Å². The van der Waals surface area contributed by atoms with E-state index in [1.54, 1.807) is 12.1 Å². The van der Waals surface area contributed by atoms with Crippen LogP contribution in [0.3, 0.4) is 0 Å². The lowest BCUT2D eigenvalue weighted by molar-refractivity contribution is -0.122. The Morgan fingerprint density at radius 3 is 2.61 bits per heavy atom. The second kappa shape index (κ2) is 7.30. The molecule has 0 saturated carbocycles. The first-order valence-electron chi connectivity index (χ1n) is 8.53. The first kappa shape index (κ1) is 16.2. The van der Waals surface area contributed by atoms with Crippen LogP contribution in [0, 0.1) is 11.7 Å². The third-order valence-corrected chi connectivity index (χ3v) is 4.78. The molecule has 1 aromatic carbocycles. The lowest BCUT2D eigenvalue weighted by Gasteiger charge is -2.28. The second-order valence-electron chi connectivity index (χ2n) is 6.87. The smallest absolute Gasteiger partial charge is 0.220 e. The molecule has 23 heavy (non-hydrogen) atoms. The molecule has 1 aromatic rings. The molecule has 2 fully saturated rings. The van der Waals surface area contributed by atoms with Gasteiger partial charge in [0.15, 0.2) is 0 Å². The monoisotopic (exact) mass is 320 g/mol. The number of fused-ring (bicyclic) bond motifs is 2. The highest BCUT2D eigenvalue weighted by Crippen LogP contribution is 2.32. The van der Waals surface area contributed by atoms with E-state index in [1.807, 2.05) is 6.92 Å². The summed E-state index contributed by atoms with van der Waals surface area (Å²) in [7, 11) is 0. The topological polar surface area (TPSA) is 50.4 Å². The van der Waals surface area contributed by atoms with Gasteiger partial charge in [0.1, 0.15) is 17.7 Å². The SMILES string of the molecule is CC(CNC(=O)CC1CC2CCC(C1)N2)Oc1ccc(F)cc1. The van der Waals surface area contributed by atoms with Gasteiger partial charge < -0.3 is 15.4 Å². The zero-order valence-electron chi connectivity index (χ0n) is 13.6. The molecule has 0 spiro atoms. The fourth-order valence-electron chi connectivity index (χ4n) is 3.72. The van der Waals surface area contributed by atoms with Crippen molar-refractivity contribution in [3.05, 3.63) is 30.1 Å². The number of piperidine rings is 1. The highest BCUT2D eigenvalue weighted by atomic mass is 19.1. The number of rotatable bonds is 6. The summed E-state index contributed by atoms with van der Waals surface area (Å²) in [6.45, 7) is 2.36. The molecule has 5 heteroatoms. The predicted molar refractivity (Wildman–Crippen MR) is 86.8 cm³/mol. The van der Waals surface area contributed by atoms with Crippen molar-refractivity contribution in [3.63, 3.8) is 0 Å². The highest BCUT2D eigenvalue weighted by molar-refractivity contribution is 5.76. The van der Waals surface area contributed by atoms with Gasteiger partial charge in [-0.15, -0.1) is 0 Å². The first-order chi connectivity index (χ1) is 11.1. The van der Waals surface area contributed by atoms with E-state index in [1.165, 1.54) is 25.0 Å². The maximum Gasteiger partial charge on any atom is 0.220 e. The molecule has 2 aliphatic heterocycles. The number of amides is 1. The van der Waals surface area contributed by atoms with E-state index in [0.717, 1.165) is 12.8 Å². The Kier molecular flexibility index (Phi) is 5.16. The summed E-state index contributed by atoms with van der Waals surface area (Å²) in [6.07, 6.45) is 5.21. The van der Waals surface area contributed by atoms with E-state index in [9.17, 15) is 9.18 Å². The molecule has 2 heterocycles. The molecule has 0 aliphatic carbocycles. The zero-order valence-corrected chi connectivity index (χ0v) is 13.6. The Hall–Kier alpha value is -1.62. The molecule has 2 bridgehead atoms. The quantitative estimate of drug-likeness (QED) is 0.847. The van der Waals surface area contributed by atoms with Crippen LogP contribution in [-0.2, 0) is 4.79 Å². The van der Waals surface area contributed by atoms with Crippen LogP contribution in [0.2, 0.25) is 0 Å². The van der Waals surface area contributed by atoms with Gasteiger partial charge in [-0.25, -0.2) is 4.39 Å². The van der Waals surface area contributed by atoms with Gasteiger partial charge in [0.05, 0.1) is 6.54 Å². The van der Waals surface area contributed by atoms with Gasteiger partial charge in [-0.2, -0.15) is 0 Å². The molecule has 0 aromatic heterocycles. The van der Waals surface area contributed by atoms with Crippen LogP contribution in [0.4, 0.5) is 4.39 Å². The van der Waals surface area contributed by atoms with Gasteiger partial charge in [-0.05, 0) is 62.8 Å². The van der Waals surface area contributed by atoms with E-state index in [0.29, 0.717) is 36.7 Å². The normalized spacial score (nSPS) is 27.5. The maximum absolute atomic E-state index is 12.8. The average Bonchev–Trinajstić information content (AvgIpc) is 2.86. The van der Waals surface area contributed by atoms with Gasteiger partial charge in [-0.1, -0.05) is 0 Å². The summed E-state index contributed by atoms with van der Waals surface area (Å²) < 4.78 is 18.5. The van der Waals surface area contributed by atoms with E-state index >= 15 is 0 Å². The standard InChI is InChI=1S/C18H25FN2O2/c1-12(23-17-6-2-14(19)3-7-17)11-20-18(22)10-13-8-15-4-5-16(9-13)21-15/h2-3,6-7,12-13,15-16,21H,4-5,8-11H2,1H3,(H,20,22). The Morgan fingerprint density at radius 1 is 1.30 bits per heavy atom. The average molecular weight is 320 g/mol. The predicted octanol–water partition coefficient (Wildman–Crippen LogP) is 2.63. The summed E-state index contributed by atoms with van der Waals surface area (Å²) in [5.74, 6) is 0.935. The first-order valence-corrected chi connectivity index (χ1v) is 8.53. The minimum absolute atomic E-state index is 0.103.